The predicted octanol–water partition coefficient (Wildman–Crippen LogP) is 5.62. The first-order valence-corrected chi connectivity index (χ1v) is 14.0. The number of thiophene rings is 1. The Kier molecular flexibility index (Phi) is 8.64. The van der Waals surface area contributed by atoms with Gasteiger partial charge in [0.15, 0.2) is 5.88 Å². The number of piperidine rings is 1. The van der Waals surface area contributed by atoms with Crippen LogP contribution in [0.25, 0.3) is 10.2 Å². The van der Waals surface area contributed by atoms with E-state index in [4.69, 9.17) is 10.5 Å². The Balaban J connectivity index is 1.26. The maximum Gasteiger partial charge on any atom is 0.245 e. The van der Waals surface area contributed by atoms with Crippen molar-refractivity contribution in [3.05, 3.63) is 95.5 Å². The van der Waals surface area contributed by atoms with Crippen molar-refractivity contribution in [1.29, 1.82) is 0 Å². The Morgan fingerprint density at radius 3 is 2.85 bits per heavy atom. The smallest absolute Gasteiger partial charge is 0.245 e. The second-order valence-electron chi connectivity index (χ2n) is 9.65. The molecule has 3 N–H and O–H groups in total. The maximum absolute atomic E-state index is 15.1. The van der Waals surface area contributed by atoms with Crippen LogP contribution in [0.4, 0.5) is 15.9 Å². The van der Waals surface area contributed by atoms with Gasteiger partial charge in [-0.15, -0.1) is 11.3 Å². The molecule has 4 heterocycles. The van der Waals surface area contributed by atoms with Crippen LogP contribution < -0.4 is 15.8 Å². The van der Waals surface area contributed by atoms with Gasteiger partial charge in [-0.05, 0) is 72.5 Å². The second kappa shape index (κ2) is 12.7. The summed E-state index contributed by atoms with van der Waals surface area (Å²) >= 11 is 1.53. The van der Waals surface area contributed by atoms with E-state index in [2.05, 4.69) is 37.2 Å². The summed E-state index contributed by atoms with van der Waals surface area (Å²) in [5, 5.41) is 6.09. The molecule has 0 unspecified atom stereocenters. The van der Waals surface area contributed by atoms with Gasteiger partial charge in [-0.25, -0.2) is 14.4 Å². The first kappa shape index (κ1) is 27.9. The number of carbonyl (C=O) groups is 1. The molecule has 1 saturated heterocycles. The lowest BCUT2D eigenvalue weighted by molar-refractivity contribution is -0.127. The molecule has 11 heteroatoms. The molecule has 1 fully saturated rings. The van der Waals surface area contributed by atoms with Crippen molar-refractivity contribution in [3.63, 3.8) is 0 Å². The van der Waals surface area contributed by atoms with Crippen molar-refractivity contribution in [2.75, 3.05) is 18.4 Å². The van der Waals surface area contributed by atoms with E-state index in [0.29, 0.717) is 25.5 Å². The number of ether oxygens (including phenoxy) is 1. The molecule has 0 aliphatic carbocycles. The third kappa shape index (κ3) is 6.75. The van der Waals surface area contributed by atoms with Crippen molar-refractivity contribution in [2.24, 2.45) is 10.7 Å². The number of likely N-dealkylation sites (tertiary alicyclic amines) is 1. The van der Waals surface area contributed by atoms with Gasteiger partial charge in [0.05, 0.1) is 23.3 Å². The number of rotatable bonds is 9. The highest BCUT2D eigenvalue weighted by atomic mass is 32.1. The van der Waals surface area contributed by atoms with Crippen LogP contribution in [0, 0.1) is 12.7 Å². The number of aromatic nitrogens is 3. The van der Waals surface area contributed by atoms with Crippen molar-refractivity contribution in [3.8, 4) is 5.75 Å². The number of pyridine rings is 1. The Labute approximate surface area is 241 Å². The lowest BCUT2D eigenvalue weighted by Crippen LogP contribution is -2.36. The monoisotopic (exact) mass is 571 g/mol. The Hall–Kier alpha value is -4.64. The van der Waals surface area contributed by atoms with E-state index in [1.54, 1.807) is 18.3 Å². The van der Waals surface area contributed by atoms with Crippen molar-refractivity contribution >= 4 is 45.2 Å². The van der Waals surface area contributed by atoms with Gasteiger partial charge < -0.3 is 20.7 Å². The first-order valence-electron chi connectivity index (χ1n) is 13.2. The van der Waals surface area contributed by atoms with Gasteiger partial charge in [0, 0.05) is 37.6 Å². The lowest BCUT2D eigenvalue weighted by atomic mass is 9.89. The van der Waals surface area contributed by atoms with E-state index in [0.717, 1.165) is 39.9 Å². The topological polar surface area (TPSA) is 119 Å². The van der Waals surface area contributed by atoms with Crippen LogP contribution >= 0.6 is 11.3 Å². The Morgan fingerprint density at radius 1 is 1.27 bits per heavy atom. The highest BCUT2D eigenvalue weighted by molar-refractivity contribution is 7.17. The van der Waals surface area contributed by atoms with Crippen LogP contribution in [-0.2, 0) is 11.3 Å². The lowest BCUT2D eigenvalue weighted by Gasteiger charge is -2.31. The number of carbonyl (C=O) groups excluding carboxylic acids is 1. The molecule has 1 aliphatic heterocycles. The summed E-state index contributed by atoms with van der Waals surface area (Å²) in [6, 6.07) is 8.35. The molecule has 0 saturated carbocycles. The number of aryl methyl sites for hydroxylation is 1. The highest BCUT2D eigenvalue weighted by Gasteiger charge is 2.26. The molecule has 5 rings (SSSR count). The van der Waals surface area contributed by atoms with Gasteiger partial charge in [0.25, 0.3) is 0 Å². The van der Waals surface area contributed by atoms with Crippen LogP contribution in [0.15, 0.2) is 77.8 Å². The molecule has 4 aromatic rings. The second-order valence-corrected chi connectivity index (χ2v) is 10.5. The maximum atomic E-state index is 15.1. The van der Waals surface area contributed by atoms with Gasteiger partial charge in [-0.2, -0.15) is 0 Å². The van der Waals surface area contributed by atoms with Gasteiger partial charge in [-0.3, -0.25) is 14.8 Å². The van der Waals surface area contributed by atoms with Gasteiger partial charge in [0.1, 0.15) is 28.5 Å². The predicted molar refractivity (Wildman–Crippen MR) is 160 cm³/mol. The summed E-state index contributed by atoms with van der Waals surface area (Å²) in [6.07, 6.45) is 9.25. The zero-order valence-corrected chi connectivity index (χ0v) is 23.4. The SMILES string of the molecule is C=CC(=O)N1CCC(c2csc3ncnc(Nc4ccc(O/C(N)=C/C=NCc5cc(C)ccn5)cc4F)c23)CC1. The molecule has 1 amide bonds. The van der Waals surface area contributed by atoms with Crippen molar-refractivity contribution < 1.29 is 13.9 Å². The number of hydrogen-bond donors (Lipinski definition) is 2. The molecule has 0 bridgehead atoms. The molecule has 210 valence electrons. The molecule has 41 heavy (non-hydrogen) atoms. The van der Waals surface area contributed by atoms with Gasteiger partial charge in [0.2, 0.25) is 5.91 Å². The molecular formula is C30H30FN7O2S. The quantitative estimate of drug-likeness (QED) is 0.152. The van der Waals surface area contributed by atoms with Crippen molar-refractivity contribution in [2.45, 2.75) is 32.2 Å². The van der Waals surface area contributed by atoms with Crippen LogP contribution in [0.5, 0.6) is 5.75 Å². The summed E-state index contributed by atoms with van der Waals surface area (Å²) in [5.74, 6) is 0.536. The number of anilines is 2. The number of benzene rings is 1. The third-order valence-electron chi connectivity index (χ3n) is 6.82. The molecule has 1 aromatic carbocycles. The fourth-order valence-electron chi connectivity index (χ4n) is 4.75. The number of nitrogens with two attached hydrogens (primary N) is 1. The fourth-order valence-corrected chi connectivity index (χ4v) is 5.74. The van der Waals surface area contributed by atoms with Crippen LogP contribution in [0.1, 0.15) is 35.6 Å². The van der Waals surface area contributed by atoms with E-state index in [-0.39, 0.29) is 29.1 Å². The number of aliphatic imine (C=N–C) groups is 1. The van der Waals surface area contributed by atoms with E-state index >= 15 is 4.39 Å². The largest absolute Gasteiger partial charge is 0.441 e. The zero-order valence-electron chi connectivity index (χ0n) is 22.6. The third-order valence-corrected chi connectivity index (χ3v) is 7.72. The fraction of sp³-hybridized carbons (Fsp3) is 0.233. The van der Waals surface area contributed by atoms with E-state index in [9.17, 15) is 4.79 Å². The van der Waals surface area contributed by atoms with Crippen LogP contribution in [0.2, 0.25) is 0 Å². The number of halogens is 1. The standard InChI is InChI=1S/C30H30FN7O2S/c1-3-27(39)38-12-8-20(9-13-38)23-17-41-30-28(23)29(35-18-36-30)37-25-5-4-22(15-24(25)31)40-26(32)7-10-33-16-21-14-19(2)6-11-34-21/h3-7,10-11,14-15,17-18,20H,1,8-9,12-13,16,32H2,2H3,(H,35,36,37)/b26-7+,33-10?. The number of nitrogens with zero attached hydrogens (tertiary/aromatic N) is 5. The molecular weight excluding hydrogens is 541 g/mol. The minimum Gasteiger partial charge on any atom is -0.441 e. The first-order chi connectivity index (χ1) is 19.9. The molecule has 9 nitrogen and oxygen atoms in total. The Bertz CT molecular complexity index is 1630. The number of allylic oxidation sites excluding steroid dienone is 1. The molecule has 0 spiro atoms. The summed E-state index contributed by atoms with van der Waals surface area (Å²) in [4.78, 5) is 32.0. The number of amides is 1. The van der Waals surface area contributed by atoms with Gasteiger partial charge in [-0.1, -0.05) is 6.58 Å². The summed E-state index contributed by atoms with van der Waals surface area (Å²) < 4.78 is 20.7. The number of hydrogen-bond acceptors (Lipinski definition) is 9. The zero-order chi connectivity index (χ0) is 28.8. The minimum absolute atomic E-state index is 0.0479. The average molecular weight is 572 g/mol. The summed E-state index contributed by atoms with van der Waals surface area (Å²) in [6.45, 7) is 7.31. The molecule has 0 radical (unpaired) electrons. The van der Waals surface area contributed by atoms with Crippen LogP contribution in [-0.4, -0.2) is 45.1 Å². The Morgan fingerprint density at radius 2 is 2.10 bits per heavy atom. The molecule has 1 aliphatic rings. The van der Waals surface area contributed by atoms with E-state index in [1.165, 1.54) is 42.1 Å². The van der Waals surface area contributed by atoms with Crippen molar-refractivity contribution in [1.82, 2.24) is 19.9 Å². The highest BCUT2D eigenvalue weighted by Crippen LogP contribution is 2.39. The van der Waals surface area contributed by atoms with E-state index < -0.39 is 5.82 Å². The molecule has 3 aromatic heterocycles. The minimum atomic E-state index is -0.519. The molecule has 0 atom stereocenters. The van der Waals surface area contributed by atoms with Crippen LogP contribution in [0.3, 0.4) is 0 Å². The van der Waals surface area contributed by atoms with Gasteiger partial charge >= 0.3 is 0 Å². The number of fused-ring (bicyclic) bond motifs is 1. The summed E-state index contributed by atoms with van der Waals surface area (Å²) in [7, 11) is 0. The normalized spacial score (nSPS) is 14.5. The number of nitrogens with one attached hydrogen (secondary N) is 1. The van der Waals surface area contributed by atoms with E-state index in [1.807, 2.05) is 24.0 Å². The average Bonchev–Trinajstić information content (AvgIpc) is 3.42. The summed E-state index contributed by atoms with van der Waals surface area (Å²) in [5.41, 5.74) is 9.26.